The molecule has 6 nitrogen and oxygen atoms in total. The Morgan fingerprint density at radius 1 is 1.35 bits per heavy atom. The Balaban J connectivity index is 1.64. The van der Waals surface area contributed by atoms with E-state index in [9.17, 15) is 10.1 Å². The fraction of sp³-hybridized carbons (Fsp3) is 0.571. The minimum atomic E-state index is -0.422. The van der Waals surface area contributed by atoms with Crippen LogP contribution in [0.3, 0.4) is 0 Å². The van der Waals surface area contributed by atoms with Crippen LogP contribution in [0, 0.1) is 10.1 Å². The van der Waals surface area contributed by atoms with E-state index in [1.54, 1.807) is 19.2 Å². The molecule has 1 aliphatic carbocycles. The van der Waals surface area contributed by atoms with Crippen LogP contribution in [0.2, 0.25) is 0 Å². The average Bonchev–Trinajstić information content (AvgIpc) is 2.41. The fourth-order valence-electron chi connectivity index (χ4n) is 2.25. The number of nitro benzene ring substituents is 1. The standard InChI is InChI=1S/C14H20N2O4/c1-19-14(7-2-8-14)11-15-9-10-20-13-5-3-12(4-6-13)16(17)18/h3-6,15H,2,7-11H2,1H3. The number of non-ortho nitro benzene ring substituents is 1. The largest absolute Gasteiger partial charge is 0.492 e. The fourth-order valence-corrected chi connectivity index (χ4v) is 2.25. The van der Waals surface area contributed by atoms with Crippen molar-refractivity contribution in [1.82, 2.24) is 5.32 Å². The molecule has 0 aliphatic heterocycles. The summed E-state index contributed by atoms with van der Waals surface area (Å²) in [5.41, 5.74) is 0.0929. The van der Waals surface area contributed by atoms with E-state index in [0.29, 0.717) is 12.4 Å². The monoisotopic (exact) mass is 280 g/mol. The first-order valence-corrected chi connectivity index (χ1v) is 6.78. The number of nitro groups is 1. The summed E-state index contributed by atoms with van der Waals surface area (Å²) in [5, 5.41) is 13.8. The summed E-state index contributed by atoms with van der Waals surface area (Å²) < 4.78 is 11.0. The van der Waals surface area contributed by atoms with Crippen LogP contribution in [0.4, 0.5) is 5.69 Å². The van der Waals surface area contributed by atoms with Gasteiger partial charge in [0.15, 0.2) is 0 Å². The van der Waals surface area contributed by atoms with Gasteiger partial charge in [-0.3, -0.25) is 10.1 Å². The second-order valence-corrected chi connectivity index (χ2v) is 5.02. The third kappa shape index (κ3) is 3.68. The molecule has 0 amide bonds. The topological polar surface area (TPSA) is 73.6 Å². The number of hydrogen-bond donors (Lipinski definition) is 1. The minimum Gasteiger partial charge on any atom is -0.492 e. The van der Waals surface area contributed by atoms with Crippen molar-refractivity contribution < 1.29 is 14.4 Å². The van der Waals surface area contributed by atoms with Crippen LogP contribution in [0.25, 0.3) is 0 Å². The van der Waals surface area contributed by atoms with Gasteiger partial charge in [0, 0.05) is 32.3 Å². The normalized spacial score (nSPS) is 16.4. The second kappa shape index (κ2) is 6.67. The van der Waals surface area contributed by atoms with Gasteiger partial charge in [-0.15, -0.1) is 0 Å². The SMILES string of the molecule is COC1(CNCCOc2ccc([N+](=O)[O-])cc2)CCC1. The van der Waals surface area contributed by atoms with Gasteiger partial charge in [0.25, 0.3) is 5.69 Å². The molecule has 0 radical (unpaired) electrons. The molecule has 0 spiro atoms. The second-order valence-electron chi connectivity index (χ2n) is 5.02. The number of nitrogens with one attached hydrogen (secondary N) is 1. The quantitative estimate of drug-likeness (QED) is 0.448. The first-order chi connectivity index (χ1) is 9.65. The molecule has 1 aliphatic rings. The lowest BCUT2D eigenvalue weighted by molar-refractivity contribution is -0.384. The van der Waals surface area contributed by atoms with Gasteiger partial charge in [-0.05, 0) is 31.4 Å². The van der Waals surface area contributed by atoms with Gasteiger partial charge in [-0.25, -0.2) is 0 Å². The Morgan fingerprint density at radius 3 is 2.55 bits per heavy atom. The van der Waals surface area contributed by atoms with Gasteiger partial charge in [0.1, 0.15) is 12.4 Å². The third-order valence-electron chi connectivity index (χ3n) is 3.74. The Labute approximate surface area is 118 Å². The van der Waals surface area contributed by atoms with E-state index >= 15 is 0 Å². The number of rotatable bonds is 8. The van der Waals surface area contributed by atoms with E-state index in [4.69, 9.17) is 9.47 Å². The van der Waals surface area contributed by atoms with Gasteiger partial charge in [0.05, 0.1) is 10.5 Å². The maximum Gasteiger partial charge on any atom is 0.269 e. The number of benzene rings is 1. The molecule has 20 heavy (non-hydrogen) atoms. The van der Waals surface area contributed by atoms with Gasteiger partial charge < -0.3 is 14.8 Å². The lowest BCUT2D eigenvalue weighted by Crippen LogP contribution is -2.48. The van der Waals surface area contributed by atoms with Gasteiger partial charge in [-0.2, -0.15) is 0 Å². The number of methoxy groups -OCH3 is 1. The van der Waals surface area contributed by atoms with Crippen molar-refractivity contribution in [2.45, 2.75) is 24.9 Å². The lowest BCUT2D eigenvalue weighted by atomic mass is 9.80. The molecule has 1 N–H and O–H groups in total. The maximum absolute atomic E-state index is 10.5. The number of hydrogen-bond acceptors (Lipinski definition) is 5. The molecule has 1 saturated carbocycles. The highest BCUT2D eigenvalue weighted by Crippen LogP contribution is 2.34. The zero-order valence-corrected chi connectivity index (χ0v) is 11.6. The van der Waals surface area contributed by atoms with Gasteiger partial charge >= 0.3 is 0 Å². The highest BCUT2D eigenvalue weighted by molar-refractivity contribution is 5.35. The summed E-state index contributed by atoms with van der Waals surface area (Å²) in [6.07, 6.45) is 3.45. The molecule has 6 heteroatoms. The predicted octanol–water partition coefficient (Wildman–Crippen LogP) is 2.13. The smallest absolute Gasteiger partial charge is 0.269 e. The Hall–Kier alpha value is -1.66. The molecule has 1 aromatic rings. The molecule has 0 saturated heterocycles. The van der Waals surface area contributed by atoms with Crippen LogP contribution in [0.15, 0.2) is 24.3 Å². The molecule has 110 valence electrons. The Bertz CT molecular complexity index is 437. The van der Waals surface area contributed by atoms with Crippen molar-refractivity contribution >= 4 is 5.69 Å². The van der Waals surface area contributed by atoms with Crippen LogP contribution in [-0.2, 0) is 4.74 Å². The van der Waals surface area contributed by atoms with E-state index in [0.717, 1.165) is 25.9 Å². The minimum absolute atomic E-state index is 0.0212. The van der Waals surface area contributed by atoms with Gasteiger partial charge in [-0.1, -0.05) is 0 Å². The predicted molar refractivity (Wildman–Crippen MR) is 75.1 cm³/mol. The van der Waals surface area contributed by atoms with Crippen molar-refractivity contribution in [3.8, 4) is 5.75 Å². The van der Waals surface area contributed by atoms with Crippen LogP contribution in [0.1, 0.15) is 19.3 Å². The first kappa shape index (κ1) is 14.7. The zero-order valence-electron chi connectivity index (χ0n) is 11.6. The molecule has 1 fully saturated rings. The maximum atomic E-state index is 10.5. The van der Waals surface area contributed by atoms with Crippen molar-refractivity contribution in [1.29, 1.82) is 0 Å². The van der Waals surface area contributed by atoms with Crippen LogP contribution in [0.5, 0.6) is 5.75 Å². The number of nitrogens with zero attached hydrogens (tertiary/aromatic N) is 1. The summed E-state index contributed by atoms with van der Waals surface area (Å²) in [6, 6.07) is 6.11. The first-order valence-electron chi connectivity index (χ1n) is 6.78. The molecule has 0 atom stereocenters. The summed E-state index contributed by atoms with van der Waals surface area (Å²) in [6.45, 7) is 2.09. The molecule has 2 rings (SSSR count). The third-order valence-corrected chi connectivity index (χ3v) is 3.74. The van der Waals surface area contributed by atoms with Crippen molar-refractivity contribution in [3.05, 3.63) is 34.4 Å². The lowest BCUT2D eigenvalue weighted by Gasteiger charge is -2.40. The Kier molecular flexibility index (Phi) is 4.92. The molecule has 0 bridgehead atoms. The summed E-state index contributed by atoms with van der Waals surface area (Å²) in [7, 11) is 1.76. The molecule has 0 unspecified atom stereocenters. The van der Waals surface area contributed by atoms with Crippen molar-refractivity contribution in [2.75, 3.05) is 26.8 Å². The van der Waals surface area contributed by atoms with E-state index < -0.39 is 4.92 Å². The van der Waals surface area contributed by atoms with Crippen molar-refractivity contribution in [2.24, 2.45) is 0 Å². The summed E-state index contributed by atoms with van der Waals surface area (Å²) >= 11 is 0. The average molecular weight is 280 g/mol. The van der Waals surface area contributed by atoms with Crippen molar-refractivity contribution in [3.63, 3.8) is 0 Å². The molecular formula is C14H20N2O4. The molecular weight excluding hydrogens is 260 g/mol. The highest BCUT2D eigenvalue weighted by Gasteiger charge is 2.36. The Morgan fingerprint density at radius 2 is 2.05 bits per heavy atom. The van der Waals surface area contributed by atoms with Crippen LogP contribution in [-0.4, -0.2) is 37.3 Å². The number of ether oxygens (including phenoxy) is 2. The van der Waals surface area contributed by atoms with E-state index in [1.165, 1.54) is 18.6 Å². The molecule has 0 heterocycles. The van der Waals surface area contributed by atoms with Crippen LogP contribution < -0.4 is 10.1 Å². The zero-order chi connectivity index (χ0) is 14.4. The van der Waals surface area contributed by atoms with E-state index in [-0.39, 0.29) is 11.3 Å². The summed E-state index contributed by atoms with van der Waals surface area (Å²) in [5.74, 6) is 0.641. The van der Waals surface area contributed by atoms with Gasteiger partial charge in [0.2, 0.25) is 0 Å². The van der Waals surface area contributed by atoms with Crippen LogP contribution >= 0.6 is 0 Å². The molecule has 1 aromatic carbocycles. The van der Waals surface area contributed by atoms with E-state index in [1.807, 2.05) is 0 Å². The van der Waals surface area contributed by atoms with E-state index in [2.05, 4.69) is 5.32 Å². The highest BCUT2D eigenvalue weighted by atomic mass is 16.6. The summed E-state index contributed by atoms with van der Waals surface area (Å²) in [4.78, 5) is 10.1. The molecule has 0 aromatic heterocycles.